The number of pyridine rings is 1. The zero-order valence-corrected chi connectivity index (χ0v) is 18.1. The lowest BCUT2D eigenvalue weighted by atomic mass is 9.95. The largest absolute Gasteiger partial charge is 0.340 e. The molecule has 0 saturated carbocycles. The summed E-state index contributed by atoms with van der Waals surface area (Å²) in [6.45, 7) is 4.78. The first-order valence-electron chi connectivity index (χ1n) is 10.5. The highest BCUT2D eigenvalue weighted by Crippen LogP contribution is 2.24. The number of piperazine rings is 1. The second-order valence-corrected chi connectivity index (χ2v) is 8.21. The molecular formula is C22H26ClN7O. The van der Waals surface area contributed by atoms with Gasteiger partial charge in [0, 0.05) is 68.4 Å². The Morgan fingerprint density at radius 3 is 2.55 bits per heavy atom. The third-order valence-electron chi connectivity index (χ3n) is 5.70. The molecule has 3 aromatic rings. The van der Waals surface area contributed by atoms with Crippen molar-refractivity contribution < 1.29 is 4.79 Å². The highest BCUT2D eigenvalue weighted by Gasteiger charge is 2.25. The SMILES string of the molecule is O=C(CC(Cn1cnnn1)c1ccc(Cl)cc1)N1CCN(CCc2ccccn2)CC1. The van der Waals surface area contributed by atoms with E-state index in [0.29, 0.717) is 18.0 Å². The third kappa shape index (κ3) is 6.08. The van der Waals surface area contributed by atoms with E-state index in [4.69, 9.17) is 11.6 Å². The summed E-state index contributed by atoms with van der Waals surface area (Å²) < 4.78 is 1.67. The van der Waals surface area contributed by atoms with Crippen LogP contribution in [0.5, 0.6) is 0 Å². The van der Waals surface area contributed by atoms with Gasteiger partial charge in [-0.1, -0.05) is 29.8 Å². The molecule has 1 amide bonds. The van der Waals surface area contributed by atoms with Gasteiger partial charge in [-0.15, -0.1) is 5.10 Å². The number of amides is 1. The van der Waals surface area contributed by atoms with Gasteiger partial charge in [-0.3, -0.25) is 14.7 Å². The van der Waals surface area contributed by atoms with Crippen molar-refractivity contribution in [2.75, 3.05) is 32.7 Å². The molecule has 0 bridgehead atoms. The van der Waals surface area contributed by atoms with Crippen LogP contribution in [0.2, 0.25) is 5.02 Å². The van der Waals surface area contributed by atoms with Crippen molar-refractivity contribution in [1.29, 1.82) is 0 Å². The molecule has 1 saturated heterocycles. The molecule has 31 heavy (non-hydrogen) atoms. The van der Waals surface area contributed by atoms with Crippen LogP contribution in [-0.4, -0.2) is 73.6 Å². The molecule has 4 rings (SSSR count). The Balaban J connectivity index is 1.31. The van der Waals surface area contributed by atoms with E-state index in [1.165, 1.54) is 0 Å². The number of hydrogen-bond acceptors (Lipinski definition) is 6. The highest BCUT2D eigenvalue weighted by molar-refractivity contribution is 6.30. The van der Waals surface area contributed by atoms with Gasteiger partial charge < -0.3 is 4.90 Å². The zero-order valence-electron chi connectivity index (χ0n) is 17.3. The van der Waals surface area contributed by atoms with Gasteiger partial charge in [0.15, 0.2) is 0 Å². The Bertz CT molecular complexity index is 942. The Labute approximate surface area is 186 Å². The van der Waals surface area contributed by atoms with Crippen molar-refractivity contribution in [2.45, 2.75) is 25.3 Å². The van der Waals surface area contributed by atoms with E-state index < -0.39 is 0 Å². The van der Waals surface area contributed by atoms with Crippen molar-refractivity contribution in [3.05, 3.63) is 71.3 Å². The van der Waals surface area contributed by atoms with Crippen LogP contribution in [0.25, 0.3) is 0 Å². The van der Waals surface area contributed by atoms with Gasteiger partial charge in [-0.2, -0.15) is 0 Å². The van der Waals surface area contributed by atoms with Crippen LogP contribution in [0, 0.1) is 0 Å². The Kier molecular flexibility index (Phi) is 7.22. The Hall–Kier alpha value is -2.84. The topological polar surface area (TPSA) is 80.0 Å². The van der Waals surface area contributed by atoms with Gasteiger partial charge in [-0.05, 0) is 40.3 Å². The van der Waals surface area contributed by atoms with Crippen LogP contribution in [-0.2, 0) is 17.8 Å². The molecule has 0 spiro atoms. The zero-order chi connectivity index (χ0) is 21.5. The minimum Gasteiger partial charge on any atom is -0.340 e. The first-order valence-corrected chi connectivity index (χ1v) is 10.9. The van der Waals surface area contributed by atoms with Gasteiger partial charge in [0.05, 0.1) is 6.54 Å². The Morgan fingerprint density at radius 2 is 1.87 bits per heavy atom. The predicted octanol–water partition coefficient (Wildman–Crippen LogP) is 2.28. The van der Waals surface area contributed by atoms with Crippen molar-refractivity contribution >= 4 is 17.5 Å². The molecule has 1 unspecified atom stereocenters. The lowest BCUT2D eigenvalue weighted by molar-refractivity contribution is -0.133. The highest BCUT2D eigenvalue weighted by atomic mass is 35.5. The molecule has 1 aliphatic heterocycles. The molecule has 1 fully saturated rings. The van der Waals surface area contributed by atoms with E-state index in [1.54, 1.807) is 11.0 Å². The average molecular weight is 440 g/mol. The maximum absolute atomic E-state index is 13.1. The molecular weight excluding hydrogens is 414 g/mol. The summed E-state index contributed by atoms with van der Waals surface area (Å²) in [5.74, 6) is 0.146. The fraction of sp³-hybridized carbons (Fsp3) is 0.409. The number of carbonyl (C=O) groups excluding carboxylic acids is 1. The summed E-state index contributed by atoms with van der Waals surface area (Å²) in [6.07, 6.45) is 4.75. The number of tetrazole rings is 1. The molecule has 0 N–H and O–H groups in total. The van der Waals surface area contributed by atoms with Gasteiger partial charge in [0.2, 0.25) is 5.91 Å². The maximum Gasteiger partial charge on any atom is 0.223 e. The maximum atomic E-state index is 13.1. The fourth-order valence-corrected chi connectivity index (χ4v) is 4.02. The molecule has 162 valence electrons. The molecule has 3 heterocycles. The van der Waals surface area contributed by atoms with Crippen LogP contribution >= 0.6 is 11.6 Å². The number of nitrogens with zero attached hydrogens (tertiary/aromatic N) is 7. The minimum absolute atomic E-state index is 0.0181. The van der Waals surface area contributed by atoms with Crippen LogP contribution in [0.15, 0.2) is 55.0 Å². The molecule has 9 heteroatoms. The molecule has 8 nitrogen and oxygen atoms in total. The lowest BCUT2D eigenvalue weighted by Crippen LogP contribution is -2.49. The third-order valence-corrected chi connectivity index (χ3v) is 5.95. The average Bonchev–Trinajstić information content (AvgIpc) is 3.32. The van der Waals surface area contributed by atoms with Gasteiger partial charge in [-0.25, -0.2) is 4.68 Å². The molecule has 1 atom stereocenters. The standard InChI is InChI=1S/C22H26ClN7O/c23-20-6-4-18(5-7-20)19(16-30-17-25-26-27-30)15-22(31)29-13-11-28(12-14-29)10-8-21-3-1-2-9-24-21/h1-7,9,17,19H,8,10-16H2. The van der Waals surface area contributed by atoms with E-state index in [0.717, 1.165) is 50.4 Å². The monoisotopic (exact) mass is 439 g/mol. The van der Waals surface area contributed by atoms with E-state index in [9.17, 15) is 4.79 Å². The van der Waals surface area contributed by atoms with Crippen molar-refractivity contribution in [3.8, 4) is 0 Å². The molecule has 2 aromatic heterocycles. The molecule has 0 radical (unpaired) electrons. The number of rotatable bonds is 8. The van der Waals surface area contributed by atoms with Crippen LogP contribution in [0.4, 0.5) is 0 Å². The summed E-state index contributed by atoms with van der Waals surface area (Å²) in [7, 11) is 0. The van der Waals surface area contributed by atoms with Gasteiger partial charge in [0.25, 0.3) is 0 Å². The summed E-state index contributed by atoms with van der Waals surface area (Å²) in [5, 5.41) is 12.1. The first kappa shape index (κ1) is 21.4. The van der Waals surface area contributed by atoms with Crippen molar-refractivity contribution in [3.63, 3.8) is 0 Å². The summed E-state index contributed by atoms with van der Waals surface area (Å²) in [5.41, 5.74) is 2.16. The van der Waals surface area contributed by atoms with Gasteiger partial charge >= 0.3 is 0 Å². The van der Waals surface area contributed by atoms with E-state index in [2.05, 4.69) is 31.5 Å². The Morgan fingerprint density at radius 1 is 1.06 bits per heavy atom. The quantitative estimate of drug-likeness (QED) is 0.535. The predicted molar refractivity (Wildman–Crippen MR) is 118 cm³/mol. The van der Waals surface area contributed by atoms with Gasteiger partial charge in [0.1, 0.15) is 6.33 Å². The smallest absolute Gasteiger partial charge is 0.223 e. The number of carbonyl (C=O) groups is 1. The molecule has 1 aliphatic rings. The lowest BCUT2D eigenvalue weighted by Gasteiger charge is -2.35. The summed E-state index contributed by atoms with van der Waals surface area (Å²) >= 11 is 6.04. The normalized spacial score (nSPS) is 15.7. The number of halogens is 1. The summed E-state index contributed by atoms with van der Waals surface area (Å²) in [4.78, 5) is 21.8. The second-order valence-electron chi connectivity index (χ2n) is 7.78. The number of hydrogen-bond donors (Lipinski definition) is 0. The van der Waals surface area contributed by atoms with Crippen LogP contribution < -0.4 is 0 Å². The van der Waals surface area contributed by atoms with E-state index in [1.807, 2.05) is 47.5 Å². The number of aromatic nitrogens is 5. The molecule has 1 aromatic carbocycles. The van der Waals surface area contributed by atoms with E-state index >= 15 is 0 Å². The van der Waals surface area contributed by atoms with E-state index in [-0.39, 0.29) is 11.8 Å². The minimum atomic E-state index is -0.0181. The number of benzene rings is 1. The first-order chi connectivity index (χ1) is 15.2. The second kappa shape index (κ2) is 10.5. The molecule has 0 aliphatic carbocycles. The van der Waals surface area contributed by atoms with Crippen molar-refractivity contribution in [1.82, 2.24) is 35.0 Å². The fourth-order valence-electron chi connectivity index (χ4n) is 3.89. The van der Waals surface area contributed by atoms with Crippen LogP contribution in [0.1, 0.15) is 23.6 Å². The summed E-state index contributed by atoms with van der Waals surface area (Å²) in [6, 6.07) is 13.7. The van der Waals surface area contributed by atoms with Crippen molar-refractivity contribution in [2.24, 2.45) is 0 Å². The van der Waals surface area contributed by atoms with Crippen LogP contribution in [0.3, 0.4) is 0 Å².